The van der Waals surface area contributed by atoms with Crippen LogP contribution in [0.15, 0.2) is 66.5 Å². The zero-order chi connectivity index (χ0) is 9.80. The molecule has 0 radical (unpaired) electrons. The first-order valence-corrected chi connectivity index (χ1v) is 4.76. The second-order valence-corrected chi connectivity index (χ2v) is 3.16. The summed E-state index contributed by atoms with van der Waals surface area (Å²) in [6, 6.07) is 10.3. The average Bonchev–Trinajstić information content (AvgIpc) is 2.30. The first-order valence-electron chi connectivity index (χ1n) is 4.76. The quantitative estimate of drug-likeness (QED) is 0.644. The molecule has 1 heteroatoms. The number of nitrogens with zero attached hydrogens (tertiary/aromatic N) is 1. The summed E-state index contributed by atoms with van der Waals surface area (Å²) in [6.07, 6.45) is 10.4. The number of hydrogen-bond donors (Lipinski definition) is 0. The predicted molar refractivity (Wildman–Crippen MR) is 61.0 cm³/mol. The molecule has 0 aliphatic carbocycles. The zero-order valence-corrected chi connectivity index (χ0v) is 8.22. The summed E-state index contributed by atoms with van der Waals surface area (Å²) in [5.41, 5.74) is 2.44. The van der Waals surface area contributed by atoms with Crippen LogP contribution < -0.4 is 4.90 Å². The third-order valence-corrected chi connectivity index (χ3v) is 2.24. The van der Waals surface area contributed by atoms with Crippen LogP contribution in [0.3, 0.4) is 0 Å². The fourth-order valence-electron chi connectivity index (χ4n) is 1.40. The summed E-state index contributed by atoms with van der Waals surface area (Å²) in [5.74, 6) is 0. The first-order chi connectivity index (χ1) is 6.90. The number of allylic oxidation sites excluding steroid dienone is 4. The molecule has 0 aromatic heterocycles. The monoisotopic (exact) mass is 183 g/mol. The van der Waals surface area contributed by atoms with Crippen molar-refractivity contribution in [3.63, 3.8) is 0 Å². The summed E-state index contributed by atoms with van der Waals surface area (Å²) < 4.78 is 0. The highest BCUT2D eigenvalue weighted by atomic mass is 15.1. The van der Waals surface area contributed by atoms with Crippen molar-refractivity contribution in [2.45, 2.75) is 6.92 Å². The lowest BCUT2D eigenvalue weighted by molar-refractivity contribution is 1.25. The summed E-state index contributed by atoms with van der Waals surface area (Å²) in [5, 5.41) is 0. The van der Waals surface area contributed by atoms with Gasteiger partial charge in [-0.1, -0.05) is 24.3 Å². The minimum absolute atomic E-state index is 1.19. The third kappa shape index (κ3) is 1.77. The van der Waals surface area contributed by atoms with Gasteiger partial charge < -0.3 is 4.90 Å². The number of anilines is 1. The third-order valence-electron chi connectivity index (χ3n) is 2.24. The van der Waals surface area contributed by atoms with Crippen molar-refractivity contribution < 1.29 is 0 Å². The fraction of sp³-hybridized carbons (Fsp3) is 0.0769. The number of hydrogen-bond acceptors (Lipinski definition) is 1. The Kier molecular flexibility index (Phi) is 2.50. The smallest absolute Gasteiger partial charge is 0.0449 e. The highest BCUT2D eigenvalue weighted by Crippen LogP contribution is 2.18. The van der Waals surface area contributed by atoms with Gasteiger partial charge in [-0.05, 0) is 36.8 Å². The van der Waals surface area contributed by atoms with Gasteiger partial charge in [0, 0.05) is 18.1 Å². The number of benzene rings is 1. The Morgan fingerprint density at radius 1 is 1.00 bits per heavy atom. The molecule has 0 saturated heterocycles. The maximum atomic E-state index is 2.10. The molecule has 1 aromatic carbocycles. The van der Waals surface area contributed by atoms with E-state index in [4.69, 9.17) is 0 Å². The van der Waals surface area contributed by atoms with E-state index in [0.29, 0.717) is 0 Å². The standard InChI is InChI=1S/C13H13N/c1-2-12-8-10-14(11-9-12)13-6-4-3-5-7-13/h2-11H,1H3. The van der Waals surface area contributed by atoms with Crippen LogP contribution in [-0.4, -0.2) is 0 Å². The van der Waals surface area contributed by atoms with Gasteiger partial charge in [0.2, 0.25) is 0 Å². The van der Waals surface area contributed by atoms with Gasteiger partial charge in [-0.3, -0.25) is 0 Å². The Morgan fingerprint density at radius 2 is 1.64 bits per heavy atom. The van der Waals surface area contributed by atoms with Gasteiger partial charge in [-0.25, -0.2) is 0 Å². The van der Waals surface area contributed by atoms with Crippen molar-refractivity contribution in [2.75, 3.05) is 4.90 Å². The van der Waals surface area contributed by atoms with Crippen molar-refractivity contribution >= 4 is 5.69 Å². The summed E-state index contributed by atoms with van der Waals surface area (Å²) in [7, 11) is 0. The van der Waals surface area contributed by atoms with Gasteiger partial charge in [-0.15, -0.1) is 0 Å². The van der Waals surface area contributed by atoms with Crippen LogP contribution in [-0.2, 0) is 0 Å². The number of para-hydroxylation sites is 1. The fourth-order valence-corrected chi connectivity index (χ4v) is 1.40. The minimum Gasteiger partial charge on any atom is -0.324 e. The molecule has 0 bridgehead atoms. The Morgan fingerprint density at radius 3 is 2.21 bits per heavy atom. The average molecular weight is 183 g/mol. The van der Waals surface area contributed by atoms with Crippen molar-refractivity contribution in [2.24, 2.45) is 0 Å². The van der Waals surface area contributed by atoms with Crippen molar-refractivity contribution in [1.82, 2.24) is 0 Å². The van der Waals surface area contributed by atoms with E-state index in [2.05, 4.69) is 47.7 Å². The summed E-state index contributed by atoms with van der Waals surface area (Å²) in [4.78, 5) is 2.10. The lowest BCUT2D eigenvalue weighted by Crippen LogP contribution is -2.08. The summed E-state index contributed by atoms with van der Waals surface area (Å²) in [6.45, 7) is 2.04. The molecule has 0 spiro atoms. The van der Waals surface area contributed by atoms with Gasteiger partial charge in [0.15, 0.2) is 0 Å². The van der Waals surface area contributed by atoms with Crippen LogP contribution in [0.1, 0.15) is 6.92 Å². The molecular weight excluding hydrogens is 170 g/mol. The largest absolute Gasteiger partial charge is 0.324 e. The molecule has 0 atom stereocenters. The Bertz CT molecular complexity index is 369. The first kappa shape index (κ1) is 8.82. The molecule has 0 N–H and O–H groups in total. The second kappa shape index (κ2) is 3.97. The van der Waals surface area contributed by atoms with Crippen molar-refractivity contribution in [3.8, 4) is 0 Å². The zero-order valence-electron chi connectivity index (χ0n) is 8.22. The predicted octanol–water partition coefficient (Wildman–Crippen LogP) is 3.48. The van der Waals surface area contributed by atoms with Crippen molar-refractivity contribution in [3.05, 3.63) is 66.5 Å². The molecule has 1 aromatic rings. The maximum Gasteiger partial charge on any atom is 0.0449 e. The van der Waals surface area contributed by atoms with Crippen LogP contribution >= 0.6 is 0 Å². The van der Waals surface area contributed by atoms with E-state index in [1.54, 1.807) is 0 Å². The molecule has 0 fully saturated rings. The van der Waals surface area contributed by atoms with E-state index >= 15 is 0 Å². The van der Waals surface area contributed by atoms with E-state index in [1.165, 1.54) is 11.3 Å². The molecule has 0 unspecified atom stereocenters. The molecule has 70 valence electrons. The van der Waals surface area contributed by atoms with Crippen LogP contribution in [0.4, 0.5) is 5.69 Å². The van der Waals surface area contributed by atoms with Gasteiger partial charge >= 0.3 is 0 Å². The van der Waals surface area contributed by atoms with Gasteiger partial charge in [0.1, 0.15) is 0 Å². The minimum atomic E-state index is 1.19. The molecule has 2 rings (SSSR count). The maximum absolute atomic E-state index is 2.10. The van der Waals surface area contributed by atoms with E-state index in [9.17, 15) is 0 Å². The lowest BCUT2D eigenvalue weighted by atomic mass is 10.2. The SMILES string of the molecule is CC=C1C=CN(c2ccccc2)C=C1. The van der Waals surface area contributed by atoms with E-state index in [1.807, 2.05) is 25.1 Å². The lowest BCUT2D eigenvalue weighted by Gasteiger charge is -2.18. The van der Waals surface area contributed by atoms with Crippen LogP contribution in [0.5, 0.6) is 0 Å². The van der Waals surface area contributed by atoms with Gasteiger partial charge in [0.25, 0.3) is 0 Å². The van der Waals surface area contributed by atoms with E-state index < -0.39 is 0 Å². The highest BCUT2D eigenvalue weighted by Gasteiger charge is 2.01. The Labute approximate surface area is 84.7 Å². The van der Waals surface area contributed by atoms with Gasteiger partial charge in [0.05, 0.1) is 0 Å². The molecule has 0 amide bonds. The topological polar surface area (TPSA) is 3.24 Å². The molecule has 1 heterocycles. The Hall–Kier alpha value is -1.76. The highest BCUT2D eigenvalue weighted by molar-refractivity contribution is 5.55. The van der Waals surface area contributed by atoms with E-state index in [0.717, 1.165) is 0 Å². The molecule has 1 aliphatic rings. The summed E-state index contributed by atoms with van der Waals surface area (Å²) >= 11 is 0. The second-order valence-electron chi connectivity index (χ2n) is 3.16. The van der Waals surface area contributed by atoms with Crippen LogP contribution in [0.2, 0.25) is 0 Å². The molecule has 0 saturated carbocycles. The van der Waals surface area contributed by atoms with Crippen LogP contribution in [0, 0.1) is 0 Å². The number of rotatable bonds is 1. The molecular formula is C13H13N. The molecule has 14 heavy (non-hydrogen) atoms. The van der Waals surface area contributed by atoms with Crippen LogP contribution in [0.25, 0.3) is 0 Å². The normalized spacial score (nSPS) is 14.6. The molecule has 1 aliphatic heterocycles. The van der Waals surface area contributed by atoms with Gasteiger partial charge in [-0.2, -0.15) is 0 Å². The van der Waals surface area contributed by atoms with E-state index in [-0.39, 0.29) is 0 Å². The molecule has 1 nitrogen and oxygen atoms in total. The Balaban J connectivity index is 2.21. The van der Waals surface area contributed by atoms with Crippen molar-refractivity contribution in [1.29, 1.82) is 0 Å².